The van der Waals surface area contributed by atoms with Crippen LogP contribution in [0.4, 0.5) is 4.79 Å². The number of pyridine rings is 1. The minimum Gasteiger partial charge on any atom is -0.334 e. The molecule has 2 amide bonds. The number of hydrogen-bond donors (Lipinski definition) is 1. The fraction of sp³-hybridized carbons (Fsp3) is 0.500. The van der Waals surface area contributed by atoms with Crippen LogP contribution < -0.4 is 5.32 Å². The minimum atomic E-state index is -3.11. The Balaban J connectivity index is 1.63. The summed E-state index contributed by atoms with van der Waals surface area (Å²) in [5.74, 6) is 0.0292. The predicted molar refractivity (Wildman–Crippen MR) is 91.5 cm³/mol. The zero-order chi connectivity index (χ0) is 17.2. The molecule has 1 aliphatic heterocycles. The van der Waals surface area contributed by atoms with Crippen molar-refractivity contribution < 1.29 is 13.2 Å². The van der Waals surface area contributed by atoms with Gasteiger partial charge in [0.2, 0.25) is 0 Å². The molecule has 1 unspecified atom stereocenters. The molecule has 8 heteroatoms. The summed E-state index contributed by atoms with van der Waals surface area (Å²) in [5.41, 5.74) is 1.96. The van der Waals surface area contributed by atoms with Crippen LogP contribution in [0.5, 0.6) is 0 Å². The number of sulfone groups is 1. The average Bonchev–Trinajstić information content (AvgIpc) is 2.99. The second-order valence-corrected chi connectivity index (χ2v) is 8.54. The lowest BCUT2D eigenvalue weighted by molar-refractivity contribution is 0.159. The maximum atomic E-state index is 12.5. The van der Waals surface area contributed by atoms with E-state index in [4.69, 9.17) is 0 Å². The van der Waals surface area contributed by atoms with Gasteiger partial charge in [0.15, 0.2) is 0 Å². The van der Waals surface area contributed by atoms with Gasteiger partial charge in [-0.05, 0) is 30.9 Å². The standard InChI is InChI=1S/C16H22N4O3S/c1-24(22,23)11-15-4-2-3-7-20(15)16(21)18-8-13-5-6-14-9-17-12-19(14)10-13/h5-6,9-10,12,15H,2-4,7-8,11H2,1H3,(H,18,21). The molecule has 1 N–H and O–H groups in total. The molecular formula is C16H22N4O3S. The van der Waals surface area contributed by atoms with E-state index in [1.165, 1.54) is 6.26 Å². The molecular weight excluding hydrogens is 328 g/mol. The van der Waals surface area contributed by atoms with Gasteiger partial charge in [-0.25, -0.2) is 18.2 Å². The molecule has 0 saturated carbocycles. The summed E-state index contributed by atoms with van der Waals surface area (Å²) in [6.07, 6.45) is 9.24. The van der Waals surface area contributed by atoms with Crippen molar-refractivity contribution in [3.05, 3.63) is 36.4 Å². The molecule has 1 aliphatic rings. The third-order valence-corrected chi connectivity index (χ3v) is 5.29. The van der Waals surface area contributed by atoms with E-state index in [1.807, 2.05) is 22.7 Å². The van der Waals surface area contributed by atoms with Crippen LogP contribution in [0.3, 0.4) is 0 Å². The lowest BCUT2D eigenvalue weighted by Gasteiger charge is -2.35. The first-order valence-corrected chi connectivity index (χ1v) is 10.1. The first kappa shape index (κ1) is 16.8. The molecule has 24 heavy (non-hydrogen) atoms. The third kappa shape index (κ3) is 4.05. The van der Waals surface area contributed by atoms with E-state index in [-0.39, 0.29) is 17.8 Å². The van der Waals surface area contributed by atoms with Gasteiger partial charge in [-0.2, -0.15) is 0 Å². The van der Waals surface area contributed by atoms with E-state index in [1.54, 1.807) is 17.4 Å². The molecule has 3 heterocycles. The quantitative estimate of drug-likeness (QED) is 0.904. The summed E-state index contributed by atoms with van der Waals surface area (Å²) in [6.45, 7) is 1.00. The average molecular weight is 350 g/mol. The number of piperidine rings is 1. The van der Waals surface area contributed by atoms with Gasteiger partial charge in [0, 0.05) is 31.6 Å². The molecule has 2 aromatic heterocycles. The van der Waals surface area contributed by atoms with Crippen LogP contribution in [0.15, 0.2) is 30.9 Å². The number of amides is 2. The van der Waals surface area contributed by atoms with Gasteiger partial charge in [0.1, 0.15) is 9.84 Å². The molecule has 7 nitrogen and oxygen atoms in total. The topological polar surface area (TPSA) is 83.8 Å². The van der Waals surface area contributed by atoms with E-state index < -0.39 is 9.84 Å². The Hall–Kier alpha value is -2.09. The minimum absolute atomic E-state index is 0.0292. The van der Waals surface area contributed by atoms with Gasteiger partial charge in [-0.3, -0.25) is 0 Å². The van der Waals surface area contributed by atoms with Crippen molar-refractivity contribution in [2.45, 2.75) is 31.8 Å². The van der Waals surface area contributed by atoms with Crippen molar-refractivity contribution >= 4 is 21.4 Å². The monoisotopic (exact) mass is 350 g/mol. The molecule has 3 rings (SSSR count). The molecule has 0 spiro atoms. The predicted octanol–water partition coefficient (Wildman–Crippen LogP) is 1.44. The Morgan fingerprint density at radius 2 is 2.21 bits per heavy atom. The van der Waals surface area contributed by atoms with Crippen LogP contribution in [0.1, 0.15) is 24.8 Å². The van der Waals surface area contributed by atoms with Crippen LogP contribution in [0.2, 0.25) is 0 Å². The normalized spacial score (nSPS) is 18.7. The van der Waals surface area contributed by atoms with Crippen molar-refractivity contribution in [2.24, 2.45) is 0 Å². The van der Waals surface area contributed by atoms with Crippen LogP contribution in [0, 0.1) is 0 Å². The molecule has 2 aromatic rings. The number of likely N-dealkylation sites (tertiary alicyclic amines) is 1. The number of carbonyl (C=O) groups excluding carboxylic acids is 1. The summed E-state index contributed by atoms with van der Waals surface area (Å²) < 4.78 is 25.1. The van der Waals surface area contributed by atoms with Gasteiger partial charge >= 0.3 is 6.03 Å². The molecule has 1 saturated heterocycles. The fourth-order valence-electron chi connectivity index (χ4n) is 3.14. The number of aromatic nitrogens is 2. The molecule has 1 atom stereocenters. The Morgan fingerprint density at radius 3 is 3.00 bits per heavy atom. The summed E-state index contributed by atoms with van der Waals surface area (Å²) in [5, 5.41) is 2.90. The SMILES string of the molecule is CS(=O)(=O)CC1CCCCN1C(=O)NCc1ccc2cncn2c1. The van der Waals surface area contributed by atoms with Crippen molar-refractivity contribution in [1.29, 1.82) is 0 Å². The number of imidazole rings is 1. The highest BCUT2D eigenvalue weighted by Gasteiger charge is 2.29. The summed E-state index contributed by atoms with van der Waals surface area (Å²) in [6, 6.07) is 3.46. The molecule has 0 aliphatic carbocycles. The van der Waals surface area contributed by atoms with Crippen molar-refractivity contribution in [2.75, 3.05) is 18.6 Å². The number of hydrogen-bond acceptors (Lipinski definition) is 4. The van der Waals surface area contributed by atoms with E-state index in [9.17, 15) is 13.2 Å². The Kier molecular flexibility index (Phi) is 4.75. The summed E-state index contributed by atoms with van der Waals surface area (Å²) >= 11 is 0. The summed E-state index contributed by atoms with van der Waals surface area (Å²) in [4.78, 5) is 18.2. The molecule has 1 fully saturated rings. The molecule has 0 radical (unpaired) electrons. The van der Waals surface area contributed by atoms with Gasteiger partial charge in [-0.1, -0.05) is 6.07 Å². The number of carbonyl (C=O) groups is 1. The van der Waals surface area contributed by atoms with Crippen molar-refractivity contribution in [3.8, 4) is 0 Å². The third-order valence-electron chi connectivity index (χ3n) is 4.30. The fourth-order valence-corrected chi connectivity index (χ4v) is 4.19. The second kappa shape index (κ2) is 6.80. The molecule has 0 aromatic carbocycles. The van der Waals surface area contributed by atoms with Crippen LogP contribution in [-0.4, -0.2) is 53.3 Å². The Bertz CT molecular complexity index is 831. The summed E-state index contributed by atoms with van der Waals surface area (Å²) in [7, 11) is -3.11. The lowest BCUT2D eigenvalue weighted by atomic mass is 10.0. The van der Waals surface area contributed by atoms with Crippen LogP contribution >= 0.6 is 0 Å². The van der Waals surface area contributed by atoms with Crippen LogP contribution in [0.25, 0.3) is 5.52 Å². The van der Waals surface area contributed by atoms with E-state index in [2.05, 4.69) is 10.3 Å². The highest BCUT2D eigenvalue weighted by molar-refractivity contribution is 7.90. The number of rotatable bonds is 4. The van der Waals surface area contributed by atoms with Crippen molar-refractivity contribution in [1.82, 2.24) is 19.6 Å². The molecule has 0 bridgehead atoms. The van der Waals surface area contributed by atoms with Gasteiger partial charge < -0.3 is 14.6 Å². The maximum absolute atomic E-state index is 12.5. The smallest absolute Gasteiger partial charge is 0.317 e. The van der Waals surface area contributed by atoms with E-state index in [0.717, 1.165) is 30.3 Å². The zero-order valence-corrected chi connectivity index (χ0v) is 14.5. The van der Waals surface area contributed by atoms with E-state index in [0.29, 0.717) is 13.1 Å². The number of fused-ring (bicyclic) bond motifs is 1. The van der Waals surface area contributed by atoms with Crippen molar-refractivity contribution in [3.63, 3.8) is 0 Å². The van der Waals surface area contributed by atoms with Gasteiger partial charge in [0.05, 0.1) is 23.8 Å². The maximum Gasteiger partial charge on any atom is 0.317 e. The van der Waals surface area contributed by atoms with Gasteiger partial charge in [-0.15, -0.1) is 0 Å². The van der Waals surface area contributed by atoms with Crippen LogP contribution in [-0.2, 0) is 16.4 Å². The molecule has 130 valence electrons. The van der Waals surface area contributed by atoms with Gasteiger partial charge in [0.25, 0.3) is 0 Å². The largest absolute Gasteiger partial charge is 0.334 e. The highest BCUT2D eigenvalue weighted by atomic mass is 32.2. The second-order valence-electron chi connectivity index (χ2n) is 6.36. The van der Waals surface area contributed by atoms with E-state index >= 15 is 0 Å². The Morgan fingerprint density at radius 1 is 1.38 bits per heavy atom. The number of urea groups is 1. The number of nitrogens with zero attached hydrogens (tertiary/aromatic N) is 3. The first-order valence-electron chi connectivity index (χ1n) is 8.05. The number of nitrogens with one attached hydrogen (secondary N) is 1. The highest BCUT2D eigenvalue weighted by Crippen LogP contribution is 2.18. The Labute approximate surface area is 141 Å². The first-order chi connectivity index (χ1) is 11.4. The lowest BCUT2D eigenvalue weighted by Crippen LogP contribution is -2.50. The zero-order valence-electron chi connectivity index (χ0n) is 13.7.